The van der Waals surface area contributed by atoms with Gasteiger partial charge in [0.1, 0.15) is 17.9 Å². The number of rotatable bonds is 7. The van der Waals surface area contributed by atoms with Crippen LogP contribution in [-0.4, -0.2) is 45.8 Å². The highest BCUT2D eigenvalue weighted by Gasteiger charge is 2.21. The predicted molar refractivity (Wildman–Crippen MR) is 103 cm³/mol. The van der Waals surface area contributed by atoms with E-state index in [1.807, 2.05) is 30.3 Å². The fraction of sp³-hybridized carbons (Fsp3) is 0.190. The number of benzene rings is 2. The van der Waals surface area contributed by atoms with Crippen LogP contribution in [0.25, 0.3) is 16.8 Å². The third kappa shape index (κ3) is 4.97. The van der Waals surface area contributed by atoms with Crippen molar-refractivity contribution in [1.29, 1.82) is 0 Å². The van der Waals surface area contributed by atoms with Crippen molar-refractivity contribution in [2.24, 2.45) is 0 Å². The Morgan fingerprint density at radius 1 is 0.893 bits per heavy atom. The number of esters is 3. The second-order valence-corrected chi connectivity index (χ2v) is 5.48. The Bertz CT molecular complexity index is 923. The molecule has 146 valence electrons. The van der Waals surface area contributed by atoms with E-state index in [0.29, 0.717) is 11.3 Å². The molecule has 0 amide bonds. The summed E-state index contributed by atoms with van der Waals surface area (Å²) in [5.41, 5.74) is 0.242. The van der Waals surface area contributed by atoms with Gasteiger partial charge in [-0.05, 0) is 29.0 Å². The van der Waals surface area contributed by atoms with Crippen molar-refractivity contribution in [2.75, 3.05) is 27.9 Å². The van der Waals surface area contributed by atoms with E-state index >= 15 is 0 Å². The number of methoxy groups -OCH3 is 3. The summed E-state index contributed by atoms with van der Waals surface area (Å²) in [5, 5.41) is 1.66. The monoisotopic (exact) mass is 384 g/mol. The van der Waals surface area contributed by atoms with Crippen molar-refractivity contribution in [2.45, 2.75) is 0 Å². The Morgan fingerprint density at radius 3 is 2.21 bits per heavy atom. The van der Waals surface area contributed by atoms with E-state index in [9.17, 15) is 14.4 Å². The van der Waals surface area contributed by atoms with Gasteiger partial charge in [-0.1, -0.05) is 30.3 Å². The lowest BCUT2D eigenvalue weighted by Crippen LogP contribution is -2.15. The van der Waals surface area contributed by atoms with Crippen LogP contribution >= 0.6 is 0 Å². The quantitative estimate of drug-likeness (QED) is 0.238. The van der Waals surface area contributed by atoms with E-state index in [-0.39, 0.29) is 12.2 Å². The first-order chi connectivity index (χ1) is 13.5. The number of carbonyl (C=O) groups is 3. The van der Waals surface area contributed by atoms with Crippen LogP contribution in [0.5, 0.6) is 5.75 Å². The summed E-state index contributed by atoms with van der Waals surface area (Å²) in [7, 11) is 3.63. The standard InChI is InChI=1S/C21H20O7/c1-25-19(22)9-6-12-28-18-11-10-14-7-4-5-8-15(14)16(18)13-17(20(23)26-2)21(24)27-3/h4-11,13H,12H2,1-3H3/b9-6+. The Balaban J connectivity index is 2.52. The highest BCUT2D eigenvalue weighted by Crippen LogP contribution is 2.30. The molecule has 0 radical (unpaired) electrons. The van der Waals surface area contributed by atoms with Crippen LogP contribution in [0.3, 0.4) is 0 Å². The summed E-state index contributed by atoms with van der Waals surface area (Å²) in [6, 6.07) is 11.0. The van der Waals surface area contributed by atoms with Gasteiger partial charge in [-0.25, -0.2) is 14.4 Å². The van der Waals surface area contributed by atoms with E-state index in [1.165, 1.54) is 39.6 Å². The molecule has 0 saturated heterocycles. The van der Waals surface area contributed by atoms with Gasteiger partial charge in [0, 0.05) is 11.6 Å². The molecule has 0 atom stereocenters. The summed E-state index contributed by atoms with van der Waals surface area (Å²) < 4.78 is 19.6. The van der Waals surface area contributed by atoms with E-state index in [2.05, 4.69) is 14.2 Å². The molecule has 2 aromatic rings. The van der Waals surface area contributed by atoms with Gasteiger partial charge < -0.3 is 18.9 Å². The van der Waals surface area contributed by atoms with Crippen molar-refractivity contribution in [3.05, 3.63) is 59.7 Å². The molecule has 0 saturated carbocycles. The van der Waals surface area contributed by atoms with Crippen LogP contribution < -0.4 is 4.74 Å². The van der Waals surface area contributed by atoms with Gasteiger partial charge in [-0.2, -0.15) is 0 Å². The lowest BCUT2D eigenvalue weighted by atomic mass is 10.0. The molecule has 0 aromatic heterocycles. The summed E-state index contributed by atoms with van der Waals surface area (Å²) in [5.74, 6) is -1.73. The van der Waals surface area contributed by atoms with Gasteiger partial charge in [0.05, 0.1) is 21.3 Å². The molecular weight excluding hydrogens is 364 g/mol. The molecule has 0 bridgehead atoms. The maximum absolute atomic E-state index is 12.0. The molecule has 7 heteroatoms. The predicted octanol–water partition coefficient (Wildman–Crippen LogP) is 2.68. The maximum Gasteiger partial charge on any atom is 0.345 e. The Hall–Kier alpha value is -3.61. The average Bonchev–Trinajstić information content (AvgIpc) is 2.74. The summed E-state index contributed by atoms with van der Waals surface area (Å²) >= 11 is 0. The molecule has 0 spiro atoms. The zero-order chi connectivity index (χ0) is 20.5. The third-order valence-electron chi connectivity index (χ3n) is 3.82. The van der Waals surface area contributed by atoms with Gasteiger partial charge in [0.15, 0.2) is 0 Å². The average molecular weight is 384 g/mol. The smallest absolute Gasteiger partial charge is 0.345 e. The largest absolute Gasteiger partial charge is 0.489 e. The first-order valence-electron chi connectivity index (χ1n) is 8.29. The zero-order valence-corrected chi connectivity index (χ0v) is 15.8. The number of carbonyl (C=O) groups excluding carboxylic acids is 3. The molecule has 2 aromatic carbocycles. The van der Waals surface area contributed by atoms with Crippen LogP contribution in [0.2, 0.25) is 0 Å². The minimum Gasteiger partial charge on any atom is -0.489 e. The van der Waals surface area contributed by atoms with Gasteiger partial charge >= 0.3 is 17.9 Å². The molecule has 0 fully saturated rings. The summed E-state index contributed by atoms with van der Waals surface area (Å²) in [4.78, 5) is 35.2. The number of hydrogen-bond acceptors (Lipinski definition) is 7. The highest BCUT2D eigenvalue weighted by atomic mass is 16.5. The highest BCUT2D eigenvalue weighted by molar-refractivity contribution is 6.18. The second kappa shape index (κ2) is 9.91. The van der Waals surface area contributed by atoms with E-state index in [0.717, 1.165) is 10.8 Å². The summed E-state index contributed by atoms with van der Waals surface area (Å²) in [6.45, 7) is 0.0834. The molecule has 0 N–H and O–H groups in total. The summed E-state index contributed by atoms with van der Waals surface area (Å²) in [6.07, 6.45) is 4.11. The van der Waals surface area contributed by atoms with Crippen molar-refractivity contribution in [1.82, 2.24) is 0 Å². The Kier molecular flexibility index (Phi) is 7.33. The number of ether oxygens (including phenoxy) is 4. The minimum absolute atomic E-state index is 0.0834. The first-order valence-corrected chi connectivity index (χ1v) is 8.29. The fourth-order valence-electron chi connectivity index (χ4n) is 2.47. The van der Waals surface area contributed by atoms with Crippen LogP contribution in [-0.2, 0) is 28.6 Å². The van der Waals surface area contributed by atoms with Crippen LogP contribution in [0.1, 0.15) is 5.56 Å². The molecule has 0 aliphatic carbocycles. The van der Waals surface area contributed by atoms with Crippen molar-refractivity contribution >= 4 is 34.8 Å². The number of hydrogen-bond donors (Lipinski definition) is 0. The SMILES string of the molecule is COC(=O)/C=C/COc1ccc2ccccc2c1C=C(C(=O)OC)C(=O)OC. The Labute approximate surface area is 162 Å². The first kappa shape index (κ1) is 20.7. The lowest BCUT2D eigenvalue weighted by molar-refractivity contribution is -0.144. The van der Waals surface area contributed by atoms with Crippen molar-refractivity contribution in [3.63, 3.8) is 0 Å². The minimum atomic E-state index is -0.823. The van der Waals surface area contributed by atoms with E-state index < -0.39 is 17.9 Å². The second-order valence-electron chi connectivity index (χ2n) is 5.48. The van der Waals surface area contributed by atoms with Gasteiger partial charge in [0.25, 0.3) is 0 Å². The van der Waals surface area contributed by atoms with Gasteiger partial charge in [-0.3, -0.25) is 0 Å². The molecule has 7 nitrogen and oxygen atoms in total. The molecular formula is C21H20O7. The van der Waals surface area contributed by atoms with E-state index in [1.54, 1.807) is 6.07 Å². The normalized spacial score (nSPS) is 10.4. The van der Waals surface area contributed by atoms with Crippen LogP contribution in [0.15, 0.2) is 54.1 Å². The molecule has 0 unspecified atom stereocenters. The van der Waals surface area contributed by atoms with Gasteiger partial charge in [-0.15, -0.1) is 0 Å². The Morgan fingerprint density at radius 2 is 1.57 bits per heavy atom. The molecule has 28 heavy (non-hydrogen) atoms. The number of fused-ring (bicyclic) bond motifs is 1. The molecule has 0 aliphatic rings. The molecule has 2 rings (SSSR count). The fourth-order valence-corrected chi connectivity index (χ4v) is 2.47. The zero-order valence-electron chi connectivity index (χ0n) is 15.8. The molecule has 0 heterocycles. The van der Waals surface area contributed by atoms with Crippen molar-refractivity contribution in [3.8, 4) is 5.75 Å². The van der Waals surface area contributed by atoms with Crippen LogP contribution in [0.4, 0.5) is 0 Å². The maximum atomic E-state index is 12.0. The molecule has 0 aliphatic heterocycles. The van der Waals surface area contributed by atoms with Crippen LogP contribution in [0, 0.1) is 0 Å². The topological polar surface area (TPSA) is 88.1 Å². The third-order valence-corrected chi connectivity index (χ3v) is 3.82. The van der Waals surface area contributed by atoms with E-state index in [4.69, 9.17) is 4.74 Å². The van der Waals surface area contributed by atoms with Crippen molar-refractivity contribution < 1.29 is 33.3 Å². The lowest BCUT2D eigenvalue weighted by Gasteiger charge is -2.12. The van der Waals surface area contributed by atoms with Gasteiger partial charge in [0.2, 0.25) is 0 Å².